The van der Waals surface area contributed by atoms with Crippen LogP contribution in [0.5, 0.6) is 0 Å². The number of sulfonamides is 1. The molecule has 0 radical (unpaired) electrons. The fourth-order valence-electron chi connectivity index (χ4n) is 1.51. The van der Waals surface area contributed by atoms with Crippen molar-refractivity contribution in [3.63, 3.8) is 0 Å². The van der Waals surface area contributed by atoms with Crippen LogP contribution in [0.25, 0.3) is 0 Å². The van der Waals surface area contributed by atoms with Crippen LogP contribution >= 0.6 is 0 Å². The van der Waals surface area contributed by atoms with Crippen molar-refractivity contribution in [1.29, 1.82) is 0 Å². The Kier molecular flexibility index (Phi) is 4.06. The fraction of sp³-hybridized carbons (Fsp3) is 0.667. The molecular formula is C9H17N3O3S. The molecule has 92 valence electrons. The standard InChI is InChI=1S/C9H17N3O3S/c1-4-8-11-9(16(10,13)14)5-12(8)7(2)6-15-3/h5,7H,4,6H2,1-3H3,(H2,10,13,14). The number of methoxy groups -OCH3 is 1. The van der Waals surface area contributed by atoms with Gasteiger partial charge in [0.2, 0.25) is 0 Å². The number of ether oxygens (including phenoxy) is 1. The van der Waals surface area contributed by atoms with Crippen LogP contribution in [0.1, 0.15) is 25.7 Å². The molecule has 0 aliphatic carbocycles. The zero-order valence-corrected chi connectivity index (χ0v) is 10.5. The Morgan fingerprint density at radius 1 is 1.62 bits per heavy atom. The smallest absolute Gasteiger partial charge is 0.257 e. The normalized spacial score (nSPS) is 14.0. The maximum Gasteiger partial charge on any atom is 0.257 e. The Balaban J connectivity index is 3.14. The SMILES string of the molecule is CCc1nc(S(N)(=O)=O)cn1C(C)COC. The fourth-order valence-corrected chi connectivity index (χ4v) is 2.00. The van der Waals surface area contributed by atoms with Crippen molar-refractivity contribution in [1.82, 2.24) is 9.55 Å². The van der Waals surface area contributed by atoms with Gasteiger partial charge in [0.25, 0.3) is 10.0 Å². The summed E-state index contributed by atoms with van der Waals surface area (Å²) >= 11 is 0. The predicted molar refractivity (Wildman–Crippen MR) is 59.6 cm³/mol. The van der Waals surface area contributed by atoms with Gasteiger partial charge >= 0.3 is 0 Å². The highest BCUT2D eigenvalue weighted by atomic mass is 32.2. The molecule has 0 spiro atoms. The Bertz CT molecular complexity index is 453. The Morgan fingerprint density at radius 2 is 2.25 bits per heavy atom. The number of nitrogens with two attached hydrogens (primary N) is 1. The van der Waals surface area contributed by atoms with Crippen molar-refractivity contribution in [2.24, 2.45) is 5.14 Å². The number of imidazole rings is 1. The molecule has 7 heteroatoms. The van der Waals surface area contributed by atoms with Crippen molar-refractivity contribution in [2.45, 2.75) is 31.3 Å². The third kappa shape index (κ3) is 2.81. The van der Waals surface area contributed by atoms with E-state index in [0.717, 1.165) is 0 Å². The highest BCUT2D eigenvalue weighted by Gasteiger charge is 2.18. The summed E-state index contributed by atoms with van der Waals surface area (Å²) in [5.41, 5.74) is 0. The van der Waals surface area contributed by atoms with Gasteiger partial charge in [0, 0.05) is 19.7 Å². The molecule has 1 unspecified atom stereocenters. The molecular weight excluding hydrogens is 230 g/mol. The lowest BCUT2D eigenvalue weighted by molar-refractivity contribution is 0.161. The summed E-state index contributed by atoms with van der Waals surface area (Å²) in [6, 6.07) is 0.0305. The summed E-state index contributed by atoms with van der Waals surface area (Å²) in [5, 5.41) is 4.94. The molecule has 2 N–H and O–H groups in total. The van der Waals surface area contributed by atoms with Crippen molar-refractivity contribution < 1.29 is 13.2 Å². The van der Waals surface area contributed by atoms with E-state index in [2.05, 4.69) is 4.98 Å². The molecule has 1 aromatic heterocycles. The second-order valence-corrected chi connectivity index (χ2v) is 5.11. The minimum Gasteiger partial charge on any atom is -0.383 e. The number of rotatable bonds is 5. The lowest BCUT2D eigenvalue weighted by atomic mass is 10.3. The molecule has 16 heavy (non-hydrogen) atoms. The van der Waals surface area contributed by atoms with Gasteiger partial charge in [0.05, 0.1) is 12.6 Å². The van der Waals surface area contributed by atoms with E-state index in [1.165, 1.54) is 6.20 Å². The zero-order chi connectivity index (χ0) is 12.3. The van der Waals surface area contributed by atoms with Crippen molar-refractivity contribution in [2.75, 3.05) is 13.7 Å². The first kappa shape index (κ1) is 13.1. The van der Waals surface area contributed by atoms with Crippen LogP contribution in [0.15, 0.2) is 11.2 Å². The summed E-state index contributed by atoms with van der Waals surface area (Å²) in [6.07, 6.45) is 2.10. The lowest BCUT2D eigenvalue weighted by Gasteiger charge is -2.14. The molecule has 1 rings (SSSR count). The maximum absolute atomic E-state index is 11.2. The summed E-state index contributed by atoms with van der Waals surface area (Å²) in [6.45, 7) is 4.33. The number of aromatic nitrogens is 2. The summed E-state index contributed by atoms with van der Waals surface area (Å²) < 4.78 is 29.1. The van der Waals surface area contributed by atoms with E-state index in [4.69, 9.17) is 9.88 Å². The van der Waals surface area contributed by atoms with Crippen LogP contribution < -0.4 is 5.14 Å². The van der Waals surface area contributed by atoms with Gasteiger partial charge in [-0.05, 0) is 6.92 Å². The first-order valence-electron chi connectivity index (χ1n) is 4.99. The number of hydrogen-bond donors (Lipinski definition) is 1. The van der Waals surface area contributed by atoms with E-state index < -0.39 is 10.0 Å². The van der Waals surface area contributed by atoms with E-state index in [1.54, 1.807) is 11.7 Å². The number of hydrogen-bond acceptors (Lipinski definition) is 4. The van der Waals surface area contributed by atoms with Gasteiger partial charge < -0.3 is 9.30 Å². The third-order valence-corrected chi connectivity index (χ3v) is 3.06. The average molecular weight is 247 g/mol. The predicted octanol–water partition coefficient (Wildman–Crippen LogP) is 0.300. The van der Waals surface area contributed by atoms with Gasteiger partial charge in [-0.25, -0.2) is 18.5 Å². The van der Waals surface area contributed by atoms with E-state index >= 15 is 0 Å². The molecule has 1 heterocycles. The molecule has 0 aromatic carbocycles. The van der Waals surface area contributed by atoms with E-state index in [1.807, 2.05) is 13.8 Å². The Morgan fingerprint density at radius 3 is 2.69 bits per heavy atom. The number of aryl methyl sites for hydroxylation is 1. The van der Waals surface area contributed by atoms with E-state index in [0.29, 0.717) is 18.9 Å². The molecule has 1 aromatic rings. The highest BCUT2D eigenvalue weighted by Crippen LogP contribution is 2.15. The van der Waals surface area contributed by atoms with Gasteiger partial charge in [-0.1, -0.05) is 6.92 Å². The van der Waals surface area contributed by atoms with Crippen LogP contribution in [0.3, 0.4) is 0 Å². The molecule has 6 nitrogen and oxygen atoms in total. The molecule has 1 atom stereocenters. The van der Waals surface area contributed by atoms with Crippen LogP contribution in [0.4, 0.5) is 0 Å². The van der Waals surface area contributed by atoms with E-state index in [-0.39, 0.29) is 11.1 Å². The van der Waals surface area contributed by atoms with Gasteiger partial charge in [0.1, 0.15) is 5.82 Å². The maximum atomic E-state index is 11.2. The molecule has 0 bridgehead atoms. The first-order valence-corrected chi connectivity index (χ1v) is 6.54. The monoisotopic (exact) mass is 247 g/mol. The minimum atomic E-state index is -3.74. The summed E-state index contributed by atoms with van der Waals surface area (Å²) in [4.78, 5) is 4.00. The second kappa shape index (κ2) is 4.94. The van der Waals surface area contributed by atoms with Crippen molar-refractivity contribution in [3.05, 3.63) is 12.0 Å². The highest BCUT2D eigenvalue weighted by molar-refractivity contribution is 7.89. The Hall–Kier alpha value is -0.920. The van der Waals surface area contributed by atoms with Crippen LogP contribution in [-0.4, -0.2) is 31.7 Å². The largest absolute Gasteiger partial charge is 0.383 e. The van der Waals surface area contributed by atoms with Crippen LogP contribution in [-0.2, 0) is 21.2 Å². The van der Waals surface area contributed by atoms with Crippen molar-refractivity contribution >= 4 is 10.0 Å². The summed E-state index contributed by atoms with van der Waals surface area (Å²) in [5.74, 6) is 0.688. The van der Waals surface area contributed by atoms with Gasteiger partial charge in [-0.15, -0.1) is 0 Å². The molecule has 0 fully saturated rings. The molecule has 0 saturated heterocycles. The lowest BCUT2D eigenvalue weighted by Crippen LogP contribution is -2.13. The van der Waals surface area contributed by atoms with Gasteiger partial charge in [0.15, 0.2) is 5.03 Å². The summed E-state index contributed by atoms with van der Waals surface area (Å²) in [7, 11) is -2.14. The number of primary sulfonamides is 1. The third-order valence-electron chi connectivity index (χ3n) is 2.28. The first-order chi connectivity index (χ1) is 7.40. The molecule has 0 aliphatic heterocycles. The average Bonchev–Trinajstić information content (AvgIpc) is 2.61. The molecule has 0 aliphatic rings. The van der Waals surface area contributed by atoms with E-state index in [9.17, 15) is 8.42 Å². The van der Waals surface area contributed by atoms with Crippen LogP contribution in [0, 0.1) is 0 Å². The molecule has 0 amide bonds. The second-order valence-electron chi connectivity index (χ2n) is 3.61. The quantitative estimate of drug-likeness (QED) is 0.810. The van der Waals surface area contributed by atoms with Gasteiger partial charge in [-0.3, -0.25) is 0 Å². The topological polar surface area (TPSA) is 87.2 Å². The van der Waals surface area contributed by atoms with Crippen LogP contribution in [0.2, 0.25) is 0 Å². The van der Waals surface area contributed by atoms with Crippen molar-refractivity contribution in [3.8, 4) is 0 Å². The Labute approximate surface area is 95.5 Å². The number of nitrogens with zero attached hydrogens (tertiary/aromatic N) is 2. The zero-order valence-electron chi connectivity index (χ0n) is 9.67. The molecule has 0 saturated carbocycles. The van der Waals surface area contributed by atoms with Gasteiger partial charge in [-0.2, -0.15) is 0 Å². The minimum absolute atomic E-state index is 0.0305.